The quantitative estimate of drug-likeness (QED) is 0.594. The van der Waals surface area contributed by atoms with Crippen molar-refractivity contribution < 1.29 is 9.90 Å². The molecule has 1 aromatic heterocycles. The van der Waals surface area contributed by atoms with E-state index in [9.17, 15) is 14.7 Å². The normalized spacial score (nSPS) is 17.9. The maximum atomic E-state index is 13.5. The molecule has 3 aromatic rings. The highest BCUT2D eigenvalue weighted by Gasteiger charge is 2.42. The minimum Gasteiger partial charge on any atom is -0.478 e. The molecular formula is C26H29N3O3. The van der Waals surface area contributed by atoms with Crippen LogP contribution in [-0.4, -0.2) is 20.6 Å². The third kappa shape index (κ3) is 3.29. The molecule has 6 heteroatoms. The van der Waals surface area contributed by atoms with Crippen LogP contribution in [0.2, 0.25) is 0 Å². The van der Waals surface area contributed by atoms with E-state index >= 15 is 0 Å². The Hall–Kier alpha value is -3.15. The fourth-order valence-electron chi connectivity index (χ4n) is 5.69. The fourth-order valence-corrected chi connectivity index (χ4v) is 5.69. The smallest absolute Gasteiger partial charge is 0.337 e. The summed E-state index contributed by atoms with van der Waals surface area (Å²) in [6.07, 6.45) is 6.85. The molecule has 0 bridgehead atoms. The van der Waals surface area contributed by atoms with Gasteiger partial charge < -0.3 is 10.4 Å². The number of nitrogens with zero attached hydrogens (tertiary/aromatic N) is 2. The molecule has 0 unspecified atom stereocenters. The van der Waals surface area contributed by atoms with E-state index in [1.165, 1.54) is 19.3 Å². The van der Waals surface area contributed by atoms with Crippen molar-refractivity contribution in [3.05, 3.63) is 69.3 Å². The van der Waals surface area contributed by atoms with Crippen molar-refractivity contribution in [2.45, 2.75) is 70.4 Å². The van der Waals surface area contributed by atoms with Crippen molar-refractivity contribution in [3.63, 3.8) is 0 Å². The average Bonchev–Trinajstić information content (AvgIpc) is 3.12. The molecule has 0 amide bonds. The number of rotatable bonds is 4. The second-order valence-electron chi connectivity index (χ2n) is 9.45. The second-order valence-corrected chi connectivity index (χ2v) is 9.45. The molecule has 1 spiro atoms. The number of anilines is 1. The van der Waals surface area contributed by atoms with Gasteiger partial charge in [-0.2, -0.15) is 0 Å². The number of benzene rings is 2. The molecule has 2 heterocycles. The van der Waals surface area contributed by atoms with Crippen molar-refractivity contribution in [1.82, 2.24) is 9.55 Å². The van der Waals surface area contributed by atoms with Crippen LogP contribution >= 0.6 is 0 Å². The molecule has 166 valence electrons. The lowest BCUT2D eigenvalue weighted by Crippen LogP contribution is -2.31. The summed E-state index contributed by atoms with van der Waals surface area (Å²) >= 11 is 0. The van der Waals surface area contributed by atoms with Gasteiger partial charge in [0, 0.05) is 23.2 Å². The molecule has 5 rings (SSSR count). The lowest BCUT2D eigenvalue weighted by molar-refractivity contribution is 0.0698. The topological polar surface area (TPSA) is 84.2 Å². The van der Waals surface area contributed by atoms with Crippen LogP contribution in [0, 0.1) is 6.92 Å². The lowest BCUT2D eigenvalue weighted by Gasteiger charge is -2.32. The number of carbonyl (C=O) groups is 1. The number of aromatic nitrogens is 2. The number of hydrogen-bond acceptors (Lipinski definition) is 4. The third-order valence-corrected chi connectivity index (χ3v) is 7.33. The van der Waals surface area contributed by atoms with Crippen LogP contribution in [0.1, 0.15) is 78.8 Å². The molecule has 2 aromatic carbocycles. The summed E-state index contributed by atoms with van der Waals surface area (Å²) in [6.45, 7) is 4.73. The third-order valence-electron chi connectivity index (χ3n) is 7.33. The number of aromatic carboxylic acids is 1. The first-order valence-corrected chi connectivity index (χ1v) is 11.5. The minimum atomic E-state index is -0.970. The maximum absolute atomic E-state index is 13.5. The Balaban J connectivity index is 1.64. The molecule has 0 radical (unpaired) electrons. The fraction of sp³-hybridized carbons (Fsp3) is 0.423. The highest BCUT2D eigenvalue weighted by molar-refractivity contribution is 5.94. The molecule has 32 heavy (non-hydrogen) atoms. The zero-order chi connectivity index (χ0) is 22.5. The van der Waals surface area contributed by atoms with Gasteiger partial charge in [0.1, 0.15) is 5.82 Å². The summed E-state index contributed by atoms with van der Waals surface area (Å²) in [7, 11) is 0. The predicted molar refractivity (Wildman–Crippen MR) is 126 cm³/mol. The Bertz CT molecular complexity index is 1270. The van der Waals surface area contributed by atoms with E-state index in [1.54, 1.807) is 18.2 Å². The van der Waals surface area contributed by atoms with Gasteiger partial charge in [0.2, 0.25) is 0 Å². The van der Waals surface area contributed by atoms with Crippen LogP contribution in [0.4, 0.5) is 5.69 Å². The Morgan fingerprint density at radius 2 is 1.91 bits per heavy atom. The first-order valence-electron chi connectivity index (χ1n) is 11.5. The van der Waals surface area contributed by atoms with Gasteiger partial charge in [-0.1, -0.05) is 37.5 Å². The molecule has 1 aliphatic heterocycles. The number of carboxylic acid groups (broad SMARTS) is 1. The van der Waals surface area contributed by atoms with Crippen LogP contribution in [0.25, 0.3) is 10.9 Å². The van der Waals surface area contributed by atoms with Gasteiger partial charge in [0.25, 0.3) is 5.56 Å². The monoisotopic (exact) mass is 431 g/mol. The number of aryl methyl sites for hydroxylation is 1. The molecule has 1 fully saturated rings. The number of para-hydroxylation sites is 1. The Labute approximate surface area is 187 Å². The molecule has 2 aliphatic rings. The summed E-state index contributed by atoms with van der Waals surface area (Å²) < 4.78 is 1.91. The van der Waals surface area contributed by atoms with Crippen molar-refractivity contribution in [3.8, 4) is 0 Å². The largest absolute Gasteiger partial charge is 0.478 e. The zero-order valence-corrected chi connectivity index (χ0v) is 18.6. The van der Waals surface area contributed by atoms with E-state index in [-0.39, 0.29) is 22.6 Å². The maximum Gasteiger partial charge on any atom is 0.337 e. The summed E-state index contributed by atoms with van der Waals surface area (Å²) in [5.74, 6) is -0.0132. The number of hydrogen-bond donors (Lipinski definition) is 2. The predicted octanol–water partition coefficient (Wildman–Crippen LogP) is 5.18. The highest BCUT2D eigenvalue weighted by Crippen LogP contribution is 2.45. The van der Waals surface area contributed by atoms with Gasteiger partial charge in [0.05, 0.1) is 22.5 Å². The molecule has 1 atom stereocenters. The second kappa shape index (κ2) is 7.76. The van der Waals surface area contributed by atoms with Crippen LogP contribution in [0.3, 0.4) is 0 Å². The first-order chi connectivity index (χ1) is 15.4. The molecule has 6 nitrogen and oxygen atoms in total. The molecule has 1 aliphatic carbocycles. The van der Waals surface area contributed by atoms with Crippen molar-refractivity contribution in [2.75, 3.05) is 5.32 Å². The van der Waals surface area contributed by atoms with Crippen LogP contribution in [0.15, 0.2) is 41.2 Å². The number of carboxylic acids is 1. The SMILES string of the molecule is Cc1cc([C@@H](C)Nc2ccccc2C(=O)O)c2nc3n(c(=O)c2c1)CCC31CCCCC1. The van der Waals surface area contributed by atoms with Crippen LogP contribution < -0.4 is 10.9 Å². The lowest BCUT2D eigenvalue weighted by atomic mass is 9.72. The van der Waals surface area contributed by atoms with Gasteiger partial charge in [-0.25, -0.2) is 9.78 Å². The molecular weight excluding hydrogens is 402 g/mol. The standard InChI is InChI=1S/C26H29N3O3/c1-16-14-19(17(2)27-21-9-5-4-8-18(21)24(31)32)22-20(15-16)23(30)29-13-12-26(25(29)28-22)10-6-3-7-11-26/h4-5,8-9,14-15,17,27H,3,6-7,10-13H2,1-2H3,(H,31,32)/t17-/m1/s1. The van der Waals surface area contributed by atoms with E-state index < -0.39 is 5.97 Å². The van der Waals surface area contributed by atoms with Crippen molar-refractivity contribution in [1.29, 1.82) is 0 Å². The molecule has 0 saturated heterocycles. The number of fused-ring (bicyclic) bond motifs is 3. The van der Waals surface area contributed by atoms with E-state index in [2.05, 4.69) is 11.4 Å². The molecule has 1 saturated carbocycles. The average molecular weight is 432 g/mol. The summed E-state index contributed by atoms with van der Waals surface area (Å²) in [5.41, 5.74) is 3.54. The van der Waals surface area contributed by atoms with Gasteiger partial charge in [-0.15, -0.1) is 0 Å². The van der Waals surface area contributed by atoms with E-state index in [1.807, 2.05) is 30.5 Å². The van der Waals surface area contributed by atoms with Crippen LogP contribution in [0.5, 0.6) is 0 Å². The van der Waals surface area contributed by atoms with Crippen molar-refractivity contribution >= 4 is 22.6 Å². The van der Waals surface area contributed by atoms with Gasteiger partial charge in [-0.3, -0.25) is 9.36 Å². The summed E-state index contributed by atoms with van der Waals surface area (Å²) in [5, 5.41) is 13.6. The summed E-state index contributed by atoms with van der Waals surface area (Å²) in [4.78, 5) is 30.3. The van der Waals surface area contributed by atoms with Gasteiger partial charge >= 0.3 is 5.97 Å². The van der Waals surface area contributed by atoms with Gasteiger partial charge in [-0.05, 0) is 56.9 Å². The van der Waals surface area contributed by atoms with Gasteiger partial charge in [0.15, 0.2) is 0 Å². The Morgan fingerprint density at radius 3 is 2.66 bits per heavy atom. The minimum absolute atomic E-state index is 0.0281. The van der Waals surface area contributed by atoms with E-state index in [0.717, 1.165) is 48.3 Å². The van der Waals surface area contributed by atoms with Crippen LogP contribution in [-0.2, 0) is 12.0 Å². The molecule has 2 N–H and O–H groups in total. The summed E-state index contributed by atoms with van der Waals surface area (Å²) in [6, 6.07) is 10.7. The van der Waals surface area contributed by atoms with E-state index in [0.29, 0.717) is 11.1 Å². The van der Waals surface area contributed by atoms with Crippen molar-refractivity contribution in [2.24, 2.45) is 0 Å². The zero-order valence-electron chi connectivity index (χ0n) is 18.6. The highest BCUT2D eigenvalue weighted by atomic mass is 16.4. The number of nitrogens with one attached hydrogen (secondary N) is 1. The first kappa shape index (κ1) is 20.7. The van der Waals surface area contributed by atoms with E-state index in [4.69, 9.17) is 4.98 Å². The Kier molecular flexibility index (Phi) is 5.03. The Morgan fingerprint density at radius 1 is 1.16 bits per heavy atom.